The number of ketones is 1. The Labute approximate surface area is 188 Å². The van der Waals surface area contributed by atoms with Crippen LogP contribution < -0.4 is 4.74 Å². The number of halogens is 2. The van der Waals surface area contributed by atoms with Crippen molar-refractivity contribution in [1.82, 2.24) is 4.90 Å². The number of aryl methyl sites for hydroxylation is 1. The van der Waals surface area contributed by atoms with Gasteiger partial charge in [-0.1, -0.05) is 35.3 Å². The van der Waals surface area contributed by atoms with E-state index < -0.39 is 0 Å². The van der Waals surface area contributed by atoms with E-state index in [9.17, 15) is 9.59 Å². The number of ether oxygens (including phenoxy) is 1. The third-order valence-corrected chi connectivity index (χ3v) is 6.20. The zero-order valence-corrected chi connectivity index (χ0v) is 18.7. The molecule has 0 saturated carbocycles. The second-order valence-electron chi connectivity index (χ2n) is 7.77. The summed E-state index contributed by atoms with van der Waals surface area (Å²) < 4.78 is 5.73. The van der Waals surface area contributed by atoms with Crippen molar-refractivity contribution < 1.29 is 14.3 Å². The van der Waals surface area contributed by atoms with Crippen LogP contribution in [0.2, 0.25) is 10.0 Å². The smallest absolute Gasteiger partial charge is 0.222 e. The van der Waals surface area contributed by atoms with E-state index in [0.29, 0.717) is 54.6 Å². The summed E-state index contributed by atoms with van der Waals surface area (Å²) in [5, 5.41) is 0.833. The summed E-state index contributed by atoms with van der Waals surface area (Å²) in [5.41, 5.74) is 1.76. The van der Waals surface area contributed by atoms with Crippen LogP contribution in [0.15, 0.2) is 42.5 Å². The van der Waals surface area contributed by atoms with Gasteiger partial charge >= 0.3 is 0 Å². The molecule has 0 radical (unpaired) electrons. The van der Waals surface area contributed by atoms with Gasteiger partial charge in [0.1, 0.15) is 5.75 Å². The van der Waals surface area contributed by atoms with E-state index in [0.717, 1.165) is 18.6 Å². The minimum atomic E-state index is -0.0750. The minimum absolute atomic E-state index is 0.0750. The first-order chi connectivity index (χ1) is 14.4. The molecule has 0 spiro atoms. The van der Waals surface area contributed by atoms with Crippen LogP contribution >= 0.6 is 23.2 Å². The summed E-state index contributed by atoms with van der Waals surface area (Å²) >= 11 is 12.0. The Morgan fingerprint density at radius 1 is 1.03 bits per heavy atom. The second-order valence-corrected chi connectivity index (χ2v) is 8.58. The molecule has 0 atom stereocenters. The second kappa shape index (κ2) is 10.8. The van der Waals surface area contributed by atoms with Gasteiger partial charge in [0.25, 0.3) is 0 Å². The Kier molecular flexibility index (Phi) is 8.17. The Bertz CT molecular complexity index is 892. The fourth-order valence-corrected chi connectivity index (χ4v) is 4.01. The lowest BCUT2D eigenvalue weighted by Crippen LogP contribution is -2.40. The maximum absolute atomic E-state index is 12.7. The number of likely N-dealkylation sites (tertiary alicyclic amines) is 1. The van der Waals surface area contributed by atoms with Crippen molar-refractivity contribution in [2.75, 3.05) is 19.7 Å². The van der Waals surface area contributed by atoms with Gasteiger partial charge in [-0.25, -0.2) is 0 Å². The number of benzene rings is 2. The first-order valence-electron chi connectivity index (χ1n) is 10.4. The van der Waals surface area contributed by atoms with Gasteiger partial charge in [-0.05, 0) is 68.5 Å². The van der Waals surface area contributed by atoms with Gasteiger partial charge in [-0.3, -0.25) is 9.59 Å². The lowest BCUT2D eigenvalue weighted by Gasteiger charge is -2.31. The molecule has 0 aliphatic carbocycles. The van der Waals surface area contributed by atoms with Crippen LogP contribution in [0.4, 0.5) is 0 Å². The van der Waals surface area contributed by atoms with Gasteiger partial charge in [0, 0.05) is 31.0 Å². The van der Waals surface area contributed by atoms with Crippen LogP contribution in [0.3, 0.4) is 0 Å². The number of unbranched alkanes of at least 4 members (excludes halogenated alkanes) is 1. The van der Waals surface area contributed by atoms with Crippen LogP contribution in [0.5, 0.6) is 5.75 Å². The largest absolute Gasteiger partial charge is 0.494 e. The molecule has 3 rings (SSSR count). The van der Waals surface area contributed by atoms with Crippen molar-refractivity contribution >= 4 is 34.9 Å². The topological polar surface area (TPSA) is 46.6 Å². The SMILES string of the molecule is Cc1cccc(OCCCCC(=O)N2CCC(C(=O)c3ccc(Cl)c(Cl)c3)CC2)c1. The van der Waals surface area contributed by atoms with E-state index in [2.05, 4.69) is 0 Å². The molecule has 0 bridgehead atoms. The van der Waals surface area contributed by atoms with Crippen molar-refractivity contribution in [3.05, 3.63) is 63.6 Å². The van der Waals surface area contributed by atoms with E-state index in [4.69, 9.17) is 27.9 Å². The first kappa shape index (κ1) is 22.6. The van der Waals surface area contributed by atoms with Gasteiger partial charge in [-0.2, -0.15) is 0 Å². The minimum Gasteiger partial charge on any atom is -0.494 e. The highest BCUT2D eigenvalue weighted by atomic mass is 35.5. The Morgan fingerprint density at radius 2 is 1.80 bits per heavy atom. The third-order valence-electron chi connectivity index (χ3n) is 5.47. The van der Waals surface area contributed by atoms with E-state index in [1.54, 1.807) is 18.2 Å². The fourth-order valence-electron chi connectivity index (χ4n) is 3.71. The number of hydrogen-bond donors (Lipinski definition) is 0. The summed E-state index contributed by atoms with van der Waals surface area (Å²) in [4.78, 5) is 27.1. The molecule has 1 aliphatic heterocycles. The van der Waals surface area contributed by atoms with Crippen molar-refractivity contribution in [3.8, 4) is 5.75 Å². The zero-order chi connectivity index (χ0) is 21.5. The standard InChI is InChI=1S/C24H27Cl2NO3/c1-17-5-4-6-20(15-17)30-14-3-2-7-23(28)27-12-10-18(11-13-27)24(29)19-8-9-21(25)22(26)16-19/h4-6,8-9,15-16,18H,2-3,7,10-14H2,1H3. The van der Waals surface area contributed by atoms with E-state index in [1.165, 1.54) is 5.56 Å². The molecule has 4 nitrogen and oxygen atoms in total. The zero-order valence-electron chi connectivity index (χ0n) is 17.2. The molecule has 1 heterocycles. The van der Waals surface area contributed by atoms with E-state index in [-0.39, 0.29) is 17.6 Å². The predicted molar refractivity (Wildman–Crippen MR) is 121 cm³/mol. The quantitative estimate of drug-likeness (QED) is 0.369. The Balaban J connectivity index is 1.36. The molecule has 0 aromatic heterocycles. The molecule has 0 unspecified atom stereocenters. The summed E-state index contributed by atoms with van der Waals surface area (Å²) in [6, 6.07) is 13.0. The molecule has 1 amide bonds. The molecule has 2 aromatic rings. The normalized spacial score (nSPS) is 14.6. The number of nitrogens with zero attached hydrogens (tertiary/aromatic N) is 1. The Morgan fingerprint density at radius 3 is 2.50 bits per heavy atom. The van der Waals surface area contributed by atoms with Crippen LogP contribution in [0.25, 0.3) is 0 Å². The average molecular weight is 448 g/mol. The molecule has 160 valence electrons. The molecule has 0 N–H and O–H groups in total. The highest BCUT2D eigenvalue weighted by Crippen LogP contribution is 2.27. The van der Waals surface area contributed by atoms with Crippen molar-refractivity contribution in [2.24, 2.45) is 5.92 Å². The van der Waals surface area contributed by atoms with Gasteiger partial charge in [0.2, 0.25) is 5.91 Å². The maximum atomic E-state index is 12.7. The lowest BCUT2D eigenvalue weighted by atomic mass is 9.88. The summed E-state index contributed by atoms with van der Waals surface area (Å²) in [7, 11) is 0. The number of amides is 1. The highest BCUT2D eigenvalue weighted by Gasteiger charge is 2.28. The average Bonchev–Trinajstić information content (AvgIpc) is 2.75. The maximum Gasteiger partial charge on any atom is 0.222 e. The Hall–Kier alpha value is -2.04. The number of carbonyl (C=O) groups excluding carboxylic acids is 2. The highest BCUT2D eigenvalue weighted by molar-refractivity contribution is 6.42. The first-order valence-corrected chi connectivity index (χ1v) is 11.2. The number of Topliss-reactive ketones (excluding diaryl/α,β-unsaturated/α-hetero) is 1. The van der Waals surface area contributed by atoms with Gasteiger partial charge in [-0.15, -0.1) is 0 Å². The predicted octanol–water partition coefficient (Wildman–Crippen LogP) is 5.97. The summed E-state index contributed by atoms with van der Waals surface area (Å²) in [6.45, 7) is 3.89. The van der Waals surface area contributed by atoms with Crippen molar-refractivity contribution in [1.29, 1.82) is 0 Å². The van der Waals surface area contributed by atoms with Crippen LogP contribution in [0.1, 0.15) is 48.0 Å². The monoisotopic (exact) mass is 447 g/mol. The molecule has 6 heteroatoms. The van der Waals surface area contributed by atoms with Crippen LogP contribution in [-0.2, 0) is 4.79 Å². The third kappa shape index (κ3) is 6.23. The van der Waals surface area contributed by atoms with E-state index in [1.807, 2.05) is 36.1 Å². The van der Waals surface area contributed by atoms with Gasteiger partial charge < -0.3 is 9.64 Å². The molecule has 2 aromatic carbocycles. The van der Waals surface area contributed by atoms with Gasteiger partial charge in [0.05, 0.1) is 16.7 Å². The number of hydrogen-bond acceptors (Lipinski definition) is 3. The molecule has 1 fully saturated rings. The molecule has 1 aliphatic rings. The number of piperidine rings is 1. The van der Waals surface area contributed by atoms with Crippen molar-refractivity contribution in [2.45, 2.75) is 39.0 Å². The lowest BCUT2D eigenvalue weighted by molar-refractivity contribution is -0.132. The summed E-state index contributed by atoms with van der Waals surface area (Å²) in [5.74, 6) is 1.03. The van der Waals surface area contributed by atoms with Gasteiger partial charge in [0.15, 0.2) is 5.78 Å². The number of rotatable bonds is 8. The molecular weight excluding hydrogens is 421 g/mol. The summed E-state index contributed by atoms with van der Waals surface area (Å²) in [6.07, 6.45) is 3.52. The fraction of sp³-hybridized carbons (Fsp3) is 0.417. The van der Waals surface area contributed by atoms with Crippen LogP contribution in [0, 0.1) is 12.8 Å². The molecule has 30 heavy (non-hydrogen) atoms. The molecule has 1 saturated heterocycles. The number of carbonyl (C=O) groups is 2. The molecular formula is C24H27Cl2NO3. The van der Waals surface area contributed by atoms with Crippen molar-refractivity contribution in [3.63, 3.8) is 0 Å². The van der Waals surface area contributed by atoms with Crippen LogP contribution in [-0.4, -0.2) is 36.3 Å². The van der Waals surface area contributed by atoms with E-state index >= 15 is 0 Å².